The highest BCUT2D eigenvalue weighted by molar-refractivity contribution is 5.87. The molecule has 5 nitrogen and oxygen atoms in total. The minimum atomic E-state index is -0.925. The molecule has 100 valence electrons. The van der Waals surface area contributed by atoms with Gasteiger partial charge in [0.2, 0.25) is 0 Å². The summed E-state index contributed by atoms with van der Waals surface area (Å²) in [4.78, 5) is 10.7. The van der Waals surface area contributed by atoms with Crippen LogP contribution in [-0.2, 0) is 13.7 Å². The topological polar surface area (TPSA) is 64.4 Å². The van der Waals surface area contributed by atoms with Crippen molar-refractivity contribution in [1.82, 2.24) is 9.78 Å². The van der Waals surface area contributed by atoms with E-state index in [0.29, 0.717) is 6.61 Å². The Morgan fingerprint density at radius 2 is 1.95 bits per heavy atom. The molecule has 0 spiro atoms. The van der Waals surface area contributed by atoms with Crippen LogP contribution < -0.4 is 4.74 Å². The number of aromatic nitrogens is 2. The van der Waals surface area contributed by atoms with Gasteiger partial charge in [-0.05, 0) is 31.5 Å². The highest BCUT2D eigenvalue weighted by Crippen LogP contribution is 2.22. The van der Waals surface area contributed by atoms with Crippen LogP contribution in [0.3, 0.4) is 0 Å². The van der Waals surface area contributed by atoms with E-state index in [2.05, 4.69) is 5.10 Å². The molecule has 0 saturated carbocycles. The smallest absolute Gasteiger partial charge is 0.335 e. The number of nitrogens with zero attached hydrogens (tertiary/aromatic N) is 2. The van der Waals surface area contributed by atoms with Gasteiger partial charge < -0.3 is 9.84 Å². The lowest BCUT2D eigenvalue weighted by molar-refractivity contribution is 0.0697. The summed E-state index contributed by atoms with van der Waals surface area (Å²) in [5.41, 5.74) is 3.02. The monoisotopic (exact) mass is 260 g/mol. The van der Waals surface area contributed by atoms with Crippen LogP contribution >= 0.6 is 0 Å². The third-order valence-corrected chi connectivity index (χ3v) is 3.03. The van der Waals surface area contributed by atoms with Gasteiger partial charge in [-0.3, -0.25) is 4.68 Å². The summed E-state index contributed by atoms with van der Waals surface area (Å²) < 4.78 is 7.52. The first-order chi connectivity index (χ1) is 8.99. The number of hydrogen-bond acceptors (Lipinski definition) is 3. The first-order valence-electron chi connectivity index (χ1n) is 5.94. The van der Waals surface area contributed by atoms with Gasteiger partial charge in [-0.25, -0.2) is 4.79 Å². The standard InChI is InChI=1S/C14H16N2O3/c1-9-13(10(2)16(3)15-9)19-8-11-4-6-12(7-5-11)14(17)18/h4-7H,8H2,1-3H3,(H,17,18). The number of carbonyl (C=O) groups is 1. The molecule has 2 aromatic rings. The first kappa shape index (κ1) is 13.1. The van der Waals surface area contributed by atoms with Gasteiger partial charge in [-0.1, -0.05) is 12.1 Å². The molecule has 0 fully saturated rings. The fraction of sp³-hybridized carbons (Fsp3) is 0.286. The van der Waals surface area contributed by atoms with Crippen LogP contribution in [-0.4, -0.2) is 20.9 Å². The lowest BCUT2D eigenvalue weighted by atomic mass is 10.1. The molecule has 0 aliphatic carbocycles. The summed E-state index contributed by atoms with van der Waals surface area (Å²) in [7, 11) is 1.87. The number of aromatic carboxylic acids is 1. The van der Waals surface area contributed by atoms with Crippen molar-refractivity contribution in [2.45, 2.75) is 20.5 Å². The van der Waals surface area contributed by atoms with Crippen molar-refractivity contribution in [3.63, 3.8) is 0 Å². The van der Waals surface area contributed by atoms with Crippen LogP contribution in [0.1, 0.15) is 27.3 Å². The third kappa shape index (κ3) is 2.76. The number of aryl methyl sites for hydroxylation is 2. The largest absolute Gasteiger partial charge is 0.485 e. The Labute approximate surface area is 111 Å². The Balaban J connectivity index is 2.08. The first-order valence-corrected chi connectivity index (χ1v) is 5.94. The molecule has 0 bridgehead atoms. The van der Waals surface area contributed by atoms with Crippen molar-refractivity contribution in [2.75, 3.05) is 0 Å². The predicted molar refractivity (Wildman–Crippen MR) is 70.4 cm³/mol. The number of carboxylic acids is 1. The van der Waals surface area contributed by atoms with E-state index in [4.69, 9.17) is 9.84 Å². The van der Waals surface area contributed by atoms with Crippen molar-refractivity contribution in [3.8, 4) is 5.75 Å². The van der Waals surface area contributed by atoms with Gasteiger partial charge in [-0.15, -0.1) is 0 Å². The molecule has 19 heavy (non-hydrogen) atoms. The summed E-state index contributed by atoms with van der Waals surface area (Å²) >= 11 is 0. The van der Waals surface area contributed by atoms with Gasteiger partial charge in [-0.2, -0.15) is 5.10 Å². The second kappa shape index (κ2) is 5.14. The van der Waals surface area contributed by atoms with E-state index in [1.807, 2.05) is 20.9 Å². The lowest BCUT2D eigenvalue weighted by Gasteiger charge is -2.07. The zero-order chi connectivity index (χ0) is 14.0. The summed E-state index contributed by atoms with van der Waals surface area (Å²) in [5, 5.41) is 13.1. The molecule has 0 amide bonds. The second-order valence-corrected chi connectivity index (χ2v) is 4.41. The molecule has 1 aromatic carbocycles. The lowest BCUT2D eigenvalue weighted by Crippen LogP contribution is -2.00. The number of ether oxygens (including phenoxy) is 1. The highest BCUT2D eigenvalue weighted by atomic mass is 16.5. The van der Waals surface area contributed by atoms with E-state index in [9.17, 15) is 4.79 Å². The molecule has 0 saturated heterocycles. The Morgan fingerprint density at radius 3 is 2.42 bits per heavy atom. The van der Waals surface area contributed by atoms with E-state index in [1.54, 1.807) is 28.9 Å². The maximum Gasteiger partial charge on any atom is 0.335 e. The molecule has 0 unspecified atom stereocenters. The van der Waals surface area contributed by atoms with E-state index >= 15 is 0 Å². The van der Waals surface area contributed by atoms with Gasteiger partial charge in [0.15, 0.2) is 5.75 Å². The Kier molecular flexibility index (Phi) is 3.55. The maximum absolute atomic E-state index is 10.7. The van der Waals surface area contributed by atoms with Crippen LogP contribution in [0.4, 0.5) is 0 Å². The highest BCUT2D eigenvalue weighted by Gasteiger charge is 2.10. The van der Waals surface area contributed by atoms with Crippen LogP contribution in [0.5, 0.6) is 5.75 Å². The zero-order valence-corrected chi connectivity index (χ0v) is 11.2. The molecule has 0 aliphatic rings. The van der Waals surface area contributed by atoms with Crippen LogP contribution in [0.25, 0.3) is 0 Å². The van der Waals surface area contributed by atoms with Crippen molar-refractivity contribution < 1.29 is 14.6 Å². The average molecular weight is 260 g/mol. The van der Waals surface area contributed by atoms with Crippen LogP contribution in [0.15, 0.2) is 24.3 Å². The normalized spacial score (nSPS) is 10.5. The number of hydrogen-bond donors (Lipinski definition) is 1. The fourth-order valence-electron chi connectivity index (χ4n) is 1.86. The minimum Gasteiger partial charge on any atom is -0.485 e. The summed E-state index contributed by atoms with van der Waals surface area (Å²) in [6.45, 7) is 4.24. The van der Waals surface area contributed by atoms with Crippen LogP contribution in [0.2, 0.25) is 0 Å². The molecule has 1 N–H and O–H groups in total. The minimum absolute atomic E-state index is 0.275. The summed E-state index contributed by atoms with van der Waals surface area (Å²) in [5.74, 6) is -0.142. The Morgan fingerprint density at radius 1 is 1.32 bits per heavy atom. The van der Waals surface area contributed by atoms with Gasteiger partial charge in [0.05, 0.1) is 11.3 Å². The molecule has 1 heterocycles. The maximum atomic E-state index is 10.7. The van der Waals surface area contributed by atoms with E-state index in [-0.39, 0.29) is 5.56 Å². The van der Waals surface area contributed by atoms with Gasteiger partial charge in [0.1, 0.15) is 12.3 Å². The summed E-state index contributed by atoms with van der Waals surface area (Å²) in [6.07, 6.45) is 0. The zero-order valence-electron chi connectivity index (χ0n) is 11.2. The average Bonchev–Trinajstić information content (AvgIpc) is 2.62. The van der Waals surface area contributed by atoms with Gasteiger partial charge in [0.25, 0.3) is 0 Å². The van der Waals surface area contributed by atoms with E-state index in [0.717, 1.165) is 22.7 Å². The predicted octanol–water partition coefficient (Wildman–Crippen LogP) is 2.31. The quantitative estimate of drug-likeness (QED) is 0.916. The van der Waals surface area contributed by atoms with Crippen LogP contribution in [0, 0.1) is 13.8 Å². The van der Waals surface area contributed by atoms with Crippen molar-refractivity contribution >= 4 is 5.97 Å². The second-order valence-electron chi connectivity index (χ2n) is 4.41. The molecule has 2 rings (SSSR count). The molecule has 1 aromatic heterocycles. The Hall–Kier alpha value is -2.30. The van der Waals surface area contributed by atoms with Crippen molar-refractivity contribution in [1.29, 1.82) is 0 Å². The number of carboxylic acid groups (broad SMARTS) is 1. The summed E-state index contributed by atoms with van der Waals surface area (Å²) in [6, 6.07) is 6.66. The van der Waals surface area contributed by atoms with E-state index < -0.39 is 5.97 Å². The van der Waals surface area contributed by atoms with Gasteiger partial charge >= 0.3 is 5.97 Å². The molecule has 0 aliphatic heterocycles. The number of benzene rings is 1. The molecular weight excluding hydrogens is 244 g/mol. The van der Waals surface area contributed by atoms with Gasteiger partial charge in [0, 0.05) is 7.05 Å². The SMILES string of the molecule is Cc1nn(C)c(C)c1OCc1ccc(C(=O)O)cc1. The van der Waals surface area contributed by atoms with Crippen molar-refractivity contribution in [2.24, 2.45) is 7.05 Å². The molecule has 5 heteroatoms. The third-order valence-electron chi connectivity index (χ3n) is 3.03. The van der Waals surface area contributed by atoms with Crippen molar-refractivity contribution in [3.05, 3.63) is 46.8 Å². The molecule has 0 atom stereocenters. The molecular formula is C14H16N2O3. The number of rotatable bonds is 4. The fourth-order valence-corrected chi connectivity index (χ4v) is 1.86. The van der Waals surface area contributed by atoms with E-state index in [1.165, 1.54) is 0 Å². The Bertz CT molecular complexity index is 600. The molecule has 0 radical (unpaired) electrons.